The summed E-state index contributed by atoms with van der Waals surface area (Å²) in [5.74, 6) is -0.265. The van der Waals surface area contributed by atoms with Crippen molar-refractivity contribution in [2.75, 3.05) is 22.5 Å². The first-order valence-corrected chi connectivity index (χ1v) is 11.0. The number of sulfonamides is 1. The lowest BCUT2D eigenvalue weighted by Gasteiger charge is -2.22. The van der Waals surface area contributed by atoms with Crippen molar-refractivity contribution in [2.45, 2.75) is 6.54 Å². The Hall–Kier alpha value is -3.39. The van der Waals surface area contributed by atoms with Crippen LogP contribution in [0.15, 0.2) is 78.9 Å². The van der Waals surface area contributed by atoms with E-state index in [2.05, 4.69) is 5.32 Å². The molecule has 0 spiro atoms. The standard InChI is InChI=1S/C22H21FN2O4S/c1-30(27,28)25(15-17-7-9-18(23)10-8-17)20-11-13-21(14-12-20)29-16-22(26)24-19-5-3-2-4-6-19/h2-14H,15-16H2,1H3,(H,24,26). The minimum absolute atomic E-state index is 0.0683. The molecule has 156 valence electrons. The highest BCUT2D eigenvalue weighted by Gasteiger charge is 2.18. The zero-order valence-electron chi connectivity index (χ0n) is 16.3. The summed E-state index contributed by atoms with van der Waals surface area (Å²) in [6.45, 7) is -0.113. The highest BCUT2D eigenvalue weighted by atomic mass is 32.2. The van der Waals surface area contributed by atoms with Crippen LogP contribution in [0.25, 0.3) is 0 Å². The van der Waals surface area contributed by atoms with Gasteiger partial charge in [0.1, 0.15) is 11.6 Å². The number of halogens is 1. The van der Waals surface area contributed by atoms with Gasteiger partial charge in [0, 0.05) is 5.69 Å². The summed E-state index contributed by atoms with van der Waals surface area (Å²) in [7, 11) is -3.56. The van der Waals surface area contributed by atoms with Crippen molar-refractivity contribution < 1.29 is 22.3 Å². The molecule has 30 heavy (non-hydrogen) atoms. The molecule has 0 heterocycles. The maximum atomic E-state index is 13.1. The summed E-state index contributed by atoms with van der Waals surface area (Å²) in [6.07, 6.45) is 1.11. The molecule has 3 aromatic carbocycles. The summed E-state index contributed by atoms with van der Waals surface area (Å²) in [6, 6.07) is 21.0. The van der Waals surface area contributed by atoms with Crippen LogP contribution >= 0.6 is 0 Å². The molecule has 3 rings (SSSR count). The molecule has 0 radical (unpaired) electrons. The maximum absolute atomic E-state index is 13.1. The lowest BCUT2D eigenvalue weighted by molar-refractivity contribution is -0.118. The molecule has 0 aromatic heterocycles. The molecule has 0 bridgehead atoms. The number of ether oxygens (including phenoxy) is 1. The molecule has 0 saturated heterocycles. The van der Waals surface area contributed by atoms with Gasteiger partial charge in [0.25, 0.3) is 5.91 Å². The molecule has 1 N–H and O–H groups in total. The van der Waals surface area contributed by atoms with Crippen LogP contribution < -0.4 is 14.4 Å². The SMILES string of the molecule is CS(=O)(=O)N(Cc1ccc(F)cc1)c1ccc(OCC(=O)Nc2ccccc2)cc1. The molecular weight excluding hydrogens is 407 g/mol. The predicted octanol–water partition coefficient (Wildman–Crippen LogP) is 3.81. The van der Waals surface area contributed by atoms with Crippen LogP contribution in [0, 0.1) is 5.82 Å². The second-order valence-corrected chi connectivity index (χ2v) is 8.50. The second-order valence-electron chi connectivity index (χ2n) is 6.59. The van der Waals surface area contributed by atoms with Crippen LogP contribution in [0.1, 0.15) is 5.56 Å². The first-order valence-electron chi connectivity index (χ1n) is 9.11. The molecule has 0 saturated carbocycles. The van der Waals surface area contributed by atoms with E-state index in [0.29, 0.717) is 22.7 Å². The van der Waals surface area contributed by atoms with Crippen molar-refractivity contribution in [1.29, 1.82) is 0 Å². The third-order valence-corrected chi connectivity index (χ3v) is 5.33. The van der Waals surface area contributed by atoms with E-state index in [-0.39, 0.29) is 24.9 Å². The quantitative estimate of drug-likeness (QED) is 0.592. The third-order valence-electron chi connectivity index (χ3n) is 4.19. The van der Waals surface area contributed by atoms with Crippen LogP contribution in [0.3, 0.4) is 0 Å². The van der Waals surface area contributed by atoms with Gasteiger partial charge in [-0.1, -0.05) is 30.3 Å². The smallest absolute Gasteiger partial charge is 0.262 e. The largest absolute Gasteiger partial charge is 0.484 e. The van der Waals surface area contributed by atoms with Gasteiger partial charge < -0.3 is 10.1 Å². The summed E-state index contributed by atoms with van der Waals surface area (Å²) in [5, 5.41) is 2.71. The normalized spacial score (nSPS) is 11.0. The van der Waals surface area contributed by atoms with Crippen molar-refractivity contribution in [3.63, 3.8) is 0 Å². The highest BCUT2D eigenvalue weighted by Crippen LogP contribution is 2.24. The van der Waals surface area contributed by atoms with E-state index < -0.39 is 10.0 Å². The number of hydrogen-bond acceptors (Lipinski definition) is 4. The van der Waals surface area contributed by atoms with E-state index in [4.69, 9.17) is 4.74 Å². The summed E-state index contributed by atoms with van der Waals surface area (Å²) < 4.78 is 44.3. The van der Waals surface area contributed by atoms with Crippen LogP contribution in [0.4, 0.5) is 15.8 Å². The molecule has 6 nitrogen and oxygen atoms in total. The Morgan fingerprint density at radius 3 is 2.20 bits per heavy atom. The fourth-order valence-electron chi connectivity index (χ4n) is 2.73. The van der Waals surface area contributed by atoms with Crippen molar-refractivity contribution >= 4 is 27.3 Å². The van der Waals surface area contributed by atoms with E-state index >= 15 is 0 Å². The number of nitrogens with zero attached hydrogens (tertiary/aromatic N) is 1. The van der Waals surface area contributed by atoms with Crippen LogP contribution in [-0.2, 0) is 21.4 Å². The lowest BCUT2D eigenvalue weighted by Crippen LogP contribution is -2.29. The fourth-order valence-corrected chi connectivity index (χ4v) is 3.62. The number of benzene rings is 3. The molecule has 0 atom stereocenters. The van der Waals surface area contributed by atoms with Crippen molar-refractivity contribution in [1.82, 2.24) is 0 Å². The topological polar surface area (TPSA) is 75.7 Å². The minimum atomic E-state index is -3.56. The molecule has 0 aliphatic rings. The second kappa shape index (κ2) is 9.41. The summed E-state index contributed by atoms with van der Waals surface area (Å²) in [5.41, 5.74) is 1.76. The van der Waals surface area contributed by atoms with E-state index in [9.17, 15) is 17.6 Å². The molecule has 0 aliphatic heterocycles. The predicted molar refractivity (Wildman–Crippen MR) is 114 cm³/mol. The summed E-state index contributed by atoms with van der Waals surface area (Å²) in [4.78, 5) is 12.0. The number of carbonyl (C=O) groups is 1. The molecule has 1 amide bonds. The third kappa shape index (κ3) is 6.05. The van der Waals surface area contributed by atoms with Crippen LogP contribution in [0.5, 0.6) is 5.75 Å². The highest BCUT2D eigenvalue weighted by molar-refractivity contribution is 7.92. The van der Waals surface area contributed by atoms with Gasteiger partial charge in [0.15, 0.2) is 6.61 Å². The first-order chi connectivity index (χ1) is 14.3. The molecule has 8 heteroatoms. The zero-order valence-corrected chi connectivity index (χ0v) is 17.1. The molecule has 0 unspecified atom stereocenters. The zero-order chi connectivity index (χ0) is 21.6. The van der Waals surface area contributed by atoms with Crippen LogP contribution in [0.2, 0.25) is 0 Å². The van der Waals surface area contributed by atoms with E-state index in [1.54, 1.807) is 36.4 Å². The molecule has 0 fully saturated rings. The van der Waals surface area contributed by atoms with Gasteiger partial charge in [-0.25, -0.2) is 12.8 Å². The Labute approximate surface area is 175 Å². The number of rotatable bonds is 8. The molecule has 0 aliphatic carbocycles. The van der Waals surface area contributed by atoms with Gasteiger partial charge >= 0.3 is 0 Å². The number of hydrogen-bond donors (Lipinski definition) is 1. The minimum Gasteiger partial charge on any atom is -0.484 e. The number of carbonyl (C=O) groups excluding carboxylic acids is 1. The average Bonchev–Trinajstić information content (AvgIpc) is 2.72. The monoisotopic (exact) mass is 428 g/mol. The fraction of sp³-hybridized carbons (Fsp3) is 0.136. The number of para-hydroxylation sites is 1. The van der Waals surface area contributed by atoms with Gasteiger partial charge in [-0.3, -0.25) is 9.10 Å². The Morgan fingerprint density at radius 2 is 1.60 bits per heavy atom. The number of nitrogens with one attached hydrogen (secondary N) is 1. The van der Waals surface area contributed by atoms with Gasteiger partial charge in [-0.15, -0.1) is 0 Å². The Morgan fingerprint density at radius 1 is 0.967 bits per heavy atom. The van der Waals surface area contributed by atoms with Gasteiger partial charge in [0.05, 0.1) is 18.5 Å². The summed E-state index contributed by atoms with van der Waals surface area (Å²) >= 11 is 0. The molecular formula is C22H21FN2O4S. The molecule has 3 aromatic rings. The number of amides is 1. The average molecular weight is 428 g/mol. The Balaban J connectivity index is 1.64. The van der Waals surface area contributed by atoms with E-state index in [1.165, 1.54) is 28.6 Å². The van der Waals surface area contributed by atoms with Gasteiger partial charge in [0.2, 0.25) is 10.0 Å². The number of anilines is 2. The Kier molecular flexibility index (Phi) is 6.68. The maximum Gasteiger partial charge on any atom is 0.262 e. The van der Waals surface area contributed by atoms with E-state index in [1.807, 2.05) is 18.2 Å². The van der Waals surface area contributed by atoms with Crippen molar-refractivity contribution in [3.8, 4) is 5.75 Å². The van der Waals surface area contributed by atoms with Crippen LogP contribution in [-0.4, -0.2) is 27.2 Å². The van der Waals surface area contributed by atoms with Crippen molar-refractivity contribution in [3.05, 3.63) is 90.2 Å². The van der Waals surface area contributed by atoms with Gasteiger partial charge in [-0.2, -0.15) is 0 Å². The van der Waals surface area contributed by atoms with Gasteiger partial charge in [-0.05, 0) is 54.1 Å². The Bertz CT molecular complexity index is 1090. The lowest BCUT2D eigenvalue weighted by atomic mass is 10.2. The van der Waals surface area contributed by atoms with E-state index in [0.717, 1.165) is 6.26 Å². The first kappa shape index (κ1) is 21.3. The van der Waals surface area contributed by atoms with Crippen molar-refractivity contribution in [2.24, 2.45) is 0 Å².